The Balaban J connectivity index is 1.95. The summed E-state index contributed by atoms with van der Waals surface area (Å²) in [5.74, 6) is 2.00. The molecule has 0 N–H and O–H groups in total. The fourth-order valence-electron chi connectivity index (χ4n) is 4.18. The van der Waals surface area contributed by atoms with Crippen LogP contribution in [0.1, 0.15) is 49.2 Å². The number of ether oxygens (including phenoxy) is 2. The number of fused-ring (bicyclic) bond motifs is 2. The molecule has 2 aromatic heterocycles. The maximum Gasteiger partial charge on any atom is 0.165 e. The average Bonchev–Trinajstić information content (AvgIpc) is 3.31. The molecule has 4 rings (SSSR count). The molecule has 0 radical (unpaired) electrons. The lowest BCUT2D eigenvalue weighted by atomic mass is 10.0. The van der Waals surface area contributed by atoms with E-state index in [1.165, 1.54) is 5.56 Å². The molecule has 3 heterocycles. The number of methoxy groups -OCH3 is 1. The molecule has 6 heteroatoms. The zero-order valence-corrected chi connectivity index (χ0v) is 18.1. The van der Waals surface area contributed by atoms with Gasteiger partial charge < -0.3 is 14.4 Å². The summed E-state index contributed by atoms with van der Waals surface area (Å²) in [7, 11) is 1.70. The lowest BCUT2D eigenvalue weighted by Gasteiger charge is -2.25. The van der Waals surface area contributed by atoms with Crippen molar-refractivity contribution in [1.29, 1.82) is 0 Å². The minimum atomic E-state index is 0.565. The minimum absolute atomic E-state index is 0.565. The molecule has 1 aliphatic heterocycles. The average molecular weight is 395 g/mol. The molecule has 29 heavy (non-hydrogen) atoms. The molecular weight excluding hydrogens is 364 g/mol. The molecule has 0 saturated heterocycles. The normalized spacial score (nSPS) is 13.1. The van der Waals surface area contributed by atoms with E-state index in [-0.39, 0.29) is 0 Å². The lowest BCUT2D eigenvalue weighted by Crippen LogP contribution is -2.28. The molecule has 0 aliphatic carbocycles. The van der Waals surface area contributed by atoms with Crippen molar-refractivity contribution in [3.63, 3.8) is 0 Å². The fraction of sp³-hybridized carbons (Fsp3) is 0.478. The second kappa shape index (κ2) is 8.03. The Morgan fingerprint density at radius 1 is 1.21 bits per heavy atom. The van der Waals surface area contributed by atoms with Gasteiger partial charge in [-0.05, 0) is 50.5 Å². The number of unbranched alkanes of at least 4 members (excludes halogenated alkanes) is 1. The first-order valence-electron chi connectivity index (χ1n) is 10.5. The summed E-state index contributed by atoms with van der Waals surface area (Å²) in [4.78, 5) is 7.43. The Morgan fingerprint density at radius 3 is 2.72 bits per heavy atom. The fourth-order valence-corrected chi connectivity index (χ4v) is 4.18. The zero-order chi connectivity index (χ0) is 20.5. The van der Waals surface area contributed by atoms with Gasteiger partial charge >= 0.3 is 0 Å². The number of hydrogen-bond donors (Lipinski definition) is 0. The Kier molecular flexibility index (Phi) is 5.46. The predicted molar refractivity (Wildman–Crippen MR) is 116 cm³/mol. The largest absolute Gasteiger partial charge is 0.497 e. The van der Waals surface area contributed by atoms with Gasteiger partial charge in [0.05, 0.1) is 31.7 Å². The van der Waals surface area contributed by atoms with Crippen LogP contribution in [0.15, 0.2) is 18.2 Å². The summed E-state index contributed by atoms with van der Waals surface area (Å²) < 4.78 is 13.2. The van der Waals surface area contributed by atoms with Gasteiger partial charge in [0.1, 0.15) is 11.6 Å². The molecule has 0 unspecified atom stereocenters. The third-order valence-electron chi connectivity index (χ3n) is 5.75. The first kappa shape index (κ1) is 19.7. The third kappa shape index (κ3) is 3.35. The monoisotopic (exact) mass is 394 g/mol. The number of rotatable bonds is 7. The van der Waals surface area contributed by atoms with Crippen molar-refractivity contribution < 1.29 is 9.47 Å². The third-order valence-corrected chi connectivity index (χ3v) is 5.75. The summed E-state index contributed by atoms with van der Waals surface area (Å²) in [5, 5.41) is 4.95. The van der Waals surface area contributed by atoms with Crippen molar-refractivity contribution in [3.05, 3.63) is 40.7 Å². The lowest BCUT2D eigenvalue weighted by molar-refractivity contribution is 0.133. The topological polar surface area (TPSA) is 51.9 Å². The Morgan fingerprint density at radius 2 is 2.03 bits per heavy atom. The number of hydrogen-bond acceptors (Lipinski definition) is 5. The van der Waals surface area contributed by atoms with E-state index >= 15 is 0 Å². The number of aryl methyl sites for hydroxylation is 2. The molecule has 0 amide bonds. The number of aromatic nitrogens is 3. The number of anilines is 1. The second-order valence-electron chi connectivity index (χ2n) is 7.66. The summed E-state index contributed by atoms with van der Waals surface area (Å²) in [6.07, 6.45) is 2.32. The van der Waals surface area contributed by atoms with E-state index in [1.54, 1.807) is 7.11 Å². The highest BCUT2D eigenvalue weighted by Gasteiger charge is 2.27. The predicted octanol–water partition coefficient (Wildman–Crippen LogP) is 4.68. The maximum atomic E-state index is 5.78. The van der Waals surface area contributed by atoms with Crippen LogP contribution in [0.2, 0.25) is 0 Å². The molecule has 3 aromatic rings. The van der Waals surface area contributed by atoms with Gasteiger partial charge in [-0.25, -0.2) is 4.98 Å². The van der Waals surface area contributed by atoms with Crippen molar-refractivity contribution in [2.24, 2.45) is 0 Å². The Bertz CT molecular complexity index is 1040. The van der Waals surface area contributed by atoms with Gasteiger partial charge in [0.25, 0.3) is 0 Å². The smallest absolute Gasteiger partial charge is 0.165 e. The highest BCUT2D eigenvalue weighted by Crippen LogP contribution is 2.37. The van der Waals surface area contributed by atoms with Crippen molar-refractivity contribution >= 4 is 11.5 Å². The standard InChI is InChI=1S/C23H30N4O2/c1-6-8-11-26(7-2)23-19-13-29-14-20(19)24-22-21(16(4)25-27(22)23)18-10-9-17(28-5)12-15(18)3/h9-10,12H,6-8,11,13-14H2,1-5H3. The molecule has 0 bridgehead atoms. The van der Waals surface area contributed by atoms with Crippen LogP contribution >= 0.6 is 0 Å². The van der Waals surface area contributed by atoms with Crippen LogP contribution in [-0.2, 0) is 18.0 Å². The molecule has 1 aromatic carbocycles. The molecule has 0 spiro atoms. The SMILES string of the molecule is CCCCN(CC)c1c2c(nc3c(-c4ccc(OC)cc4C)c(C)nn13)COC2. The summed E-state index contributed by atoms with van der Waals surface area (Å²) in [5.41, 5.74) is 7.50. The van der Waals surface area contributed by atoms with E-state index < -0.39 is 0 Å². The van der Waals surface area contributed by atoms with Crippen LogP contribution in [0.5, 0.6) is 5.75 Å². The summed E-state index contributed by atoms with van der Waals surface area (Å²) in [6.45, 7) is 11.7. The highest BCUT2D eigenvalue weighted by atomic mass is 16.5. The van der Waals surface area contributed by atoms with Gasteiger partial charge in [-0.1, -0.05) is 19.4 Å². The van der Waals surface area contributed by atoms with Gasteiger partial charge in [-0.3, -0.25) is 0 Å². The van der Waals surface area contributed by atoms with Crippen LogP contribution in [0, 0.1) is 13.8 Å². The number of nitrogens with zero attached hydrogens (tertiary/aromatic N) is 4. The second-order valence-corrected chi connectivity index (χ2v) is 7.66. The van der Waals surface area contributed by atoms with Crippen LogP contribution in [0.3, 0.4) is 0 Å². The van der Waals surface area contributed by atoms with Crippen molar-refractivity contribution in [1.82, 2.24) is 14.6 Å². The quantitative estimate of drug-likeness (QED) is 0.582. The first-order valence-corrected chi connectivity index (χ1v) is 10.5. The van der Waals surface area contributed by atoms with Crippen molar-refractivity contribution in [2.45, 2.75) is 53.8 Å². The van der Waals surface area contributed by atoms with Gasteiger partial charge in [0, 0.05) is 24.2 Å². The van der Waals surface area contributed by atoms with E-state index in [2.05, 4.69) is 44.7 Å². The van der Waals surface area contributed by atoms with Crippen LogP contribution < -0.4 is 9.64 Å². The Hall–Kier alpha value is -2.60. The van der Waals surface area contributed by atoms with E-state index in [1.807, 2.05) is 10.6 Å². The molecule has 0 atom stereocenters. The zero-order valence-electron chi connectivity index (χ0n) is 18.1. The molecule has 0 fully saturated rings. The van der Waals surface area contributed by atoms with Gasteiger partial charge in [0.15, 0.2) is 5.65 Å². The molecule has 6 nitrogen and oxygen atoms in total. The molecule has 1 aliphatic rings. The minimum Gasteiger partial charge on any atom is -0.497 e. The van der Waals surface area contributed by atoms with Gasteiger partial charge in [-0.15, -0.1) is 0 Å². The van der Waals surface area contributed by atoms with Gasteiger partial charge in [0.2, 0.25) is 0 Å². The van der Waals surface area contributed by atoms with Crippen LogP contribution in [-0.4, -0.2) is 34.8 Å². The first-order chi connectivity index (χ1) is 14.1. The van der Waals surface area contributed by atoms with E-state index in [4.69, 9.17) is 19.6 Å². The summed E-state index contributed by atoms with van der Waals surface area (Å²) >= 11 is 0. The molecule has 154 valence electrons. The maximum absolute atomic E-state index is 5.78. The van der Waals surface area contributed by atoms with E-state index in [9.17, 15) is 0 Å². The van der Waals surface area contributed by atoms with Crippen LogP contribution in [0.25, 0.3) is 16.8 Å². The molecular formula is C23H30N4O2. The van der Waals surface area contributed by atoms with E-state index in [0.717, 1.165) is 71.2 Å². The highest BCUT2D eigenvalue weighted by molar-refractivity contribution is 5.83. The molecule has 0 saturated carbocycles. The van der Waals surface area contributed by atoms with Crippen LogP contribution in [0.4, 0.5) is 5.82 Å². The Labute approximate surface area is 172 Å². The van der Waals surface area contributed by atoms with Crippen molar-refractivity contribution in [2.75, 3.05) is 25.1 Å². The van der Waals surface area contributed by atoms with E-state index in [0.29, 0.717) is 13.2 Å². The summed E-state index contributed by atoms with van der Waals surface area (Å²) in [6, 6.07) is 6.18. The van der Waals surface area contributed by atoms with Gasteiger partial charge in [-0.2, -0.15) is 9.61 Å². The van der Waals surface area contributed by atoms with Crippen molar-refractivity contribution in [3.8, 4) is 16.9 Å². The number of benzene rings is 1.